The van der Waals surface area contributed by atoms with Crippen LogP contribution in [0.2, 0.25) is 0 Å². The van der Waals surface area contributed by atoms with E-state index in [2.05, 4.69) is 415 Å². The van der Waals surface area contributed by atoms with Gasteiger partial charge in [0.1, 0.15) is 0 Å². The SMILES string of the molecule is c1ccc(-c2ccc(-c3cc(-c4ccc5ccccc5c4)nc4c3cc(-c3ccc5ccccc5c3)c3ccccc34)cn2)nc1.c1ccc2cc(-c3cc(-c4ccc(-c5ccncc5)nc4)c4cc(-c5ccc6ccccc6c5)c5ccccc5c4n3)ccc2c1.c1cncc(-c2ccc(-c3cc(-c4ccc5ccccc5c4)nc4c3cc(-c3ccc5ccccc5c3)c3ccccc34)cn2)c1. The minimum atomic E-state index is 0.847. The van der Waals surface area contributed by atoms with Crippen LogP contribution in [0.5, 0.6) is 0 Å². The zero-order valence-corrected chi connectivity index (χ0v) is 74.8. The van der Waals surface area contributed by atoms with Gasteiger partial charge in [-0.15, -0.1) is 0 Å². The maximum absolute atomic E-state index is 5.39. The molecule has 9 nitrogen and oxygen atoms in total. The lowest BCUT2D eigenvalue weighted by atomic mass is 9.90. The van der Waals surface area contributed by atoms with Gasteiger partial charge >= 0.3 is 0 Å². The lowest BCUT2D eigenvalue weighted by molar-refractivity contribution is 1.25. The first-order valence-corrected chi connectivity index (χ1v) is 46.5. The van der Waals surface area contributed by atoms with Crippen molar-refractivity contribution in [3.63, 3.8) is 0 Å². The highest BCUT2D eigenvalue weighted by molar-refractivity contribution is 6.20. The second-order valence-electron chi connectivity index (χ2n) is 35.1. The average Bonchev–Trinajstić information content (AvgIpc) is 0.742. The molecular weight excluding hydrogens is 1680 g/mol. The summed E-state index contributed by atoms with van der Waals surface area (Å²) < 4.78 is 0. The standard InChI is InChI=1S/3C43H27N3/c1-3-11-30-23-32(18-16-28(30)9-1)37-25-39-38(34-20-21-41(45-27-34)40-15-7-8-22-44-40)26-42(46-43(39)36-14-6-5-13-35(36)37)33-19-17-29-10-2-4-12-31(29)24-33;1-3-10-30-22-32(17-15-28(30)8-1)38-24-40-39(34-19-20-41(45-27-34)35-12-7-21-44-26-35)25-42(46-43(40)37-14-6-5-13-36(37)38)33-18-16-29-9-2-4-11-31(29)23-33;1-3-9-31-23-33(15-13-28(31)7-1)38-25-40-39(35-17-18-41(45-27-35)30-19-21-44-22-20-30)26-42(46-43(40)37-12-6-5-11-36(37)38)34-16-14-29-8-2-4-10-32(29)24-34/h3*1-27H. The highest BCUT2D eigenvalue weighted by atomic mass is 14.8. The van der Waals surface area contributed by atoms with Gasteiger partial charge < -0.3 is 0 Å². The highest BCUT2D eigenvalue weighted by Gasteiger charge is 2.23. The molecule has 27 rings (SSSR count). The monoisotopic (exact) mass is 1760 g/mol. The number of pyridine rings is 9. The van der Waals surface area contributed by atoms with E-state index in [1.807, 2.05) is 67.3 Å². The lowest BCUT2D eigenvalue weighted by Crippen LogP contribution is -1.94. The van der Waals surface area contributed by atoms with Gasteiger partial charge in [-0.3, -0.25) is 29.9 Å². The molecule has 0 atom stereocenters. The summed E-state index contributed by atoms with van der Waals surface area (Å²) in [6.07, 6.45) is 15.0. The molecule has 27 aromatic rings. The van der Waals surface area contributed by atoms with Crippen LogP contribution in [0.25, 0.3) is 264 Å². The van der Waals surface area contributed by atoms with Crippen LogP contribution in [-0.4, -0.2) is 44.9 Å². The van der Waals surface area contributed by atoms with Gasteiger partial charge in [0.25, 0.3) is 0 Å². The summed E-state index contributed by atoms with van der Waals surface area (Å²) >= 11 is 0. The smallest absolute Gasteiger partial charge is 0.0886 e. The minimum Gasteiger partial charge on any atom is -0.265 e. The molecule has 9 heterocycles. The zero-order valence-electron chi connectivity index (χ0n) is 74.8. The van der Waals surface area contributed by atoms with Crippen LogP contribution in [0.15, 0.2) is 492 Å². The molecule has 0 aliphatic carbocycles. The molecule has 138 heavy (non-hydrogen) atoms. The van der Waals surface area contributed by atoms with Gasteiger partial charge in [-0.2, -0.15) is 0 Å². The van der Waals surface area contributed by atoms with E-state index in [1.54, 1.807) is 24.8 Å². The Hall–Kier alpha value is -18.6. The summed E-state index contributed by atoms with van der Waals surface area (Å²) in [6.45, 7) is 0. The van der Waals surface area contributed by atoms with Gasteiger partial charge in [0.15, 0.2) is 0 Å². The van der Waals surface area contributed by atoms with Crippen molar-refractivity contribution in [3.8, 4) is 134 Å². The van der Waals surface area contributed by atoms with E-state index in [1.165, 1.54) is 114 Å². The number of benzene rings is 18. The number of aromatic nitrogens is 9. The molecule has 9 aromatic heterocycles. The summed E-state index contributed by atoms with van der Waals surface area (Å²) in [5.41, 5.74) is 28.1. The number of hydrogen-bond acceptors (Lipinski definition) is 9. The van der Waals surface area contributed by atoms with Gasteiger partial charge in [-0.05, 0) is 258 Å². The molecule has 0 radical (unpaired) electrons. The predicted octanol–water partition coefficient (Wildman–Crippen LogP) is 33.5. The van der Waals surface area contributed by atoms with Crippen molar-refractivity contribution in [2.45, 2.75) is 0 Å². The Morgan fingerprint density at radius 2 is 0.406 bits per heavy atom. The first-order valence-electron chi connectivity index (χ1n) is 46.5. The van der Waals surface area contributed by atoms with E-state index in [0.29, 0.717) is 0 Å². The van der Waals surface area contributed by atoms with Crippen molar-refractivity contribution in [3.05, 3.63) is 492 Å². The van der Waals surface area contributed by atoms with Crippen molar-refractivity contribution in [2.75, 3.05) is 0 Å². The molecule has 0 bridgehead atoms. The summed E-state index contributed by atoms with van der Waals surface area (Å²) in [4.78, 5) is 43.8. The molecule has 0 spiro atoms. The Morgan fingerprint density at radius 3 is 0.725 bits per heavy atom. The van der Waals surface area contributed by atoms with Crippen molar-refractivity contribution < 1.29 is 0 Å². The average molecular weight is 1760 g/mol. The Kier molecular flexibility index (Phi) is 20.8. The van der Waals surface area contributed by atoms with Crippen LogP contribution in [0.4, 0.5) is 0 Å². The fourth-order valence-corrected chi connectivity index (χ4v) is 19.9. The third-order valence-electron chi connectivity index (χ3n) is 26.9. The third kappa shape index (κ3) is 15.5. The van der Waals surface area contributed by atoms with E-state index in [0.717, 1.165) is 150 Å². The van der Waals surface area contributed by atoms with Crippen LogP contribution < -0.4 is 0 Å². The van der Waals surface area contributed by atoms with Gasteiger partial charge in [0, 0.05) is 126 Å². The summed E-state index contributed by atoms with van der Waals surface area (Å²) in [5.74, 6) is 0. The lowest BCUT2D eigenvalue weighted by Gasteiger charge is -2.16. The fraction of sp³-hybridized carbons (Fsp3) is 0. The van der Waals surface area contributed by atoms with Gasteiger partial charge in [-0.25, -0.2) is 15.0 Å². The quantitative estimate of drug-likeness (QED) is 0.110. The van der Waals surface area contributed by atoms with Crippen LogP contribution in [0.1, 0.15) is 0 Å². The molecular formula is C129H81N9. The van der Waals surface area contributed by atoms with Gasteiger partial charge in [0.2, 0.25) is 0 Å². The fourth-order valence-electron chi connectivity index (χ4n) is 19.9. The van der Waals surface area contributed by atoms with Gasteiger partial charge in [-0.1, -0.05) is 315 Å². The molecule has 0 saturated carbocycles. The Bertz CT molecular complexity index is 8580. The van der Waals surface area contributed by atoms with Crippen LogP contribution in [0, 0.1) is 0 Å². The predicted molar refractivity (Wildman–Crippen MR) is 575 cm³/mol. The molecule has 0 saturated heterocycles. The summed E-state index contributed by atoms with van der Waals surface area (Å²) in [6, 6.07) is 157. The van der Waals surface area contributed by atoms with E-state index >= 15 is 0 Å². The maximum atomic E-state index is 5.39. The normalized spacial score (nSPS) is 11.5. The largest absolute Gasteiger partial charge is 0.265 e. The summed E-state index contributed by atoms with van der Waals surface area (Å²) in [7, 11) is 0. The second-order valence-corrected chi connectivity index (χ2v) is 35.1. The Balaban J connectivity index is 0.000000110. The highest BCUT2D eigenvalue weighted by Crippen LogP contribution is 2.47. The molecule has 0 amide bonds. The number of fused-ring (bicyclic) bond motifs is 15. The number of rotatable bonds is 12. The first kappa shape index (κ1) is 81.4. The van der Waals surface area contributed by atoms with E-state index in [9.17, 15) is 0 Å². The maximum Gasteiger partial charge on any atom is 0.0886 e. The molecule has 0 N–H and O–H groups in total. The molecule has 18 aromatic carbocycles. The second kappa shape index (κ2) is 35.2. The first-order chi connectivity index (χ1) is 68.3. The van der Waals surface area contributed by atoms with Crippen molar-refractivity contribution in [2.24, 2.45) is 0 Å². The molecule has 0 aliphatic rings. The van der Waals surface area contributed by atoms with Crippen molar-refractivity contribution >= 4 is 130 Å². The van der Waals surface area contributed by atoms with E-state index in [-0.39, 0.29) is 0 Å². The summed E-state index contributed by atoms with van der Waals surface area (Å²) in [5, 5.41) is 24.9. The van der Waals surface area contributed by atoms with E-state index < -0.39 is 0 Å². The number of hydrogen-bond donors (Lipinski definition) is 0. The number of nitrogens with zero attached hydrogens (tertiary/aromatic N) is 9. The van der Waals surface area contributed by atoms with Crippen molar-refractivity contribution in [1.82, 2.24) is 44.9 Å². The third-order valence-corrected chi connectivity index (χ3v) is 26.9. The molecule has 9 heteroatoms. The minimum absolute atomic E-state index is 0.847. The molecule has 642 valence electrons. The van der Waals surface area contributed by atoms with Crippen LogP contribution in [-0.2, 0) is 0 Å². The van der Waals surface area contributed by atoms with Crippen molar-refractivity contribution in [1.29, 1.82) is 0 Å². The topological polar surface area (TPSA) is 116 Å². The Morgan fingerprint density at radius 1 is 0.123 bits per heavy atom. The van der Waals surface area contributed by atoms with Gasteiger partial charge in [0.05, 0.1) is 56.4 Å². The van der Waals surface area contributed by atoms with Crippen LogP contribution in [0.3, 0.4) is 0 Å². The Labute approximate surface area is 795 Å². The van der Waals surface area contributed by atoms with Crippen LogP contribution >= 0.6 is 0 Å². The molecule has 0 aliphatic heterocycles. The van der Waals surface area contributed by atoms with E-state index in [4.69, 9.17) is 29.9 Å². The zero-order chi connectivity index (χ0) is 91.4. The molecule has 0 fully saturated rings. The molecule has 0 unspecified atom stereocenters.